The molecule has 2 fully saturated rings. The van der Waals surface area contributed by atoms with Gasteiger partial charge in [0.25, 0.3) is 0 Å². The third-order valence-corrected chi connectivity index (χ3v) is 5.79. The Balaban J connectivity index is 1.88. The topological polar surface area (TPSA) is 44.9 Å². The van der Waals surface area contributed by atoms with Crippen LogP contribution >= 0.6 is 0 Å². The molecule has 1 aromatic rings. The maximum absolute atomic E-state index is 11.6. The van der Waals surface area contributed by atoms with E-state index in [0.29, 0.717) is 11.5 Å². The van der Waals surface area contributed by atoms with Gasteiger partial charge in [-0.2, -0.15) is 0 Å². The summed E-state index contributed by atoms with van der Waals surface area (Å²) < 4.78 is 0. The molecular weight excluding hydrogens is 236 g/mol. The molecule has 1 aliphatic heterocycles. The van der Waals surface area contributed by atoms with Gasteiger partial charge in [-0.05, 0) is 56.0 Å². The van der Waals surface area contributed by atoms with Crippen molar-refractivity contribution in [1.29, 1.82) is 0 Å². The SMILES string of the molecule is C[C@H]1C[C@@H]2Cc3[nH]c(=O)ccc3[C@@]23CCCN[C@@H]3C1. The van der Waals surface area contributed by atoms with E-state index in [2.05, 4.69) is 23.3 Å². The third-order valence-electron chi connectivity index (χ3n) is 5.79. The number of rotatable bonds is 0. The fourth-order valence-corrected chi connectivity index (χ4v) is 5.16. The van der Waals surface area contributed by atoms with Crippen molar-refractivity contribution in [2.24, 2.45) is 11.8 Å². The van der Waals surface area contributed by atoms with E-state index in [0.717, 1.165) is 24.8 Å². The van der Waals surface area contributed by atoms with Gasteiger partial charge in [0.15, 0.2) is 0 Å². The molecule has 3 aliphatic rings. The lowest BCUT2D eigenvalue weighted by Crippen LogP contribution is -2.58. The Morgan fingerprint density at radius 3 is 3.11 bits per heavy atom. The van der Waals surface area contributed by atoms with Crippen LogP contribution in [0.5, 0.6) is 0 Å². The molecule has 3 heteroatoms. The maximum atomic E-state index is 11.6. The van der Waals surface area contributed by atoms with Crippen molar-refractivity contribution < 1.29 is 0 Å². The van der Waals surface area contributed by atoms with Gasteiger partial charge in [-0.1, -0.05) is 13.0 Å². The molecule has 0 unspecified atom stereocenters. The molecule has 2 heterocycles. The highest BCUT2D eigenvalue weighted by atomic mass is 16.1. The Hall–Kier alpha value is -1.09. The normalized spacial score (nSPS) is 40.4. The van der Waals surface area contributed by atoms with Crippen LogP contribution in [0.15, 0.2) is 16.9 Å². The largest absolute Gasteiger partial charge is 0.326 e. The first-order chi connectivity index (χ1) is 9.20. The minimum absolute atomic E-state index is 0.0576. The molecule has 102 valence electrons. The van der Waals surface area contributed by atoms with Crippen LogP contribution in [-0.4, -0.2) is 17.6 Å². The zero-order valence-corrected chi connectivity index (χ0v) is 11.5. The quantitative estimate of drug-likeness (QED) is 0.747. The summed E-state index contributed by atoms with van der Waals surface area (Å²) in [6.07, 6.45) is 6.24. The van der Waals surface area contributed by atoms with Crippen LogP contribution in [0.3, 0.4) is 0 Å². The summed E-state index contributed by atoms with van der Waals surface area (Å²) in [5.41, 5.74) is 3.04. The summed E-state index contributed by atoms with van der Waals surface area (Å²) in [5, 5.41) is 3.78. The van der Waals surface area contributed by atoms with Crippen LogP contribution in [-0.2, 0) is 11.8 Å². The number of aromatic amines is 1. The molecule has 0 amide bonds. The molecule has 19 heavy (non-hydrogen) atoms. The van der Waals surface area contributed by atoms with E-state index in [4.69, 9.17) is 0 Å². The summed E-state index contributed by atoms with van der Waals surface area (Å²) in [4.78, 5) is 14.7. The second-order valence-electron chi connectivity index (χ2n) is 6.84. The number of nitrogens with one attached hydrogen (secondary N) is 2. The standard InChI is InChI=1S/C16H22N2O/c1-10-7-11-9-13-12(3-4-15(19)18-13)16(11)5-2-6-17-14(16)8-10/h3-4,10-11,14,17H,2,5-9H2,1H3,(H,18,19)/t10-,11+,14+,16+/m0/s1. The summed E-state index contributed by atoms with van der Waals surface area (Å²) in [6, 6.07) is 4.45. The molecule has 0 radical (unpaired) electrons. The average Bonchev–Trinajstić information content (AvgIpc) is 2.68. The van der Waals surface area contributed by atoms with Crippen LogP contribution in [0, 0.1) is 11.8 Å². The molecule has 2 aliphatic carbocycles. The van der Waals surface area contributed by atoms with Crippen LogP contribution in [0.25, 0.3) is 0 Å². The van der Waals surface area contributed by atoms with E-state index >= 15 is 0 Å². The van der Waals surface area contributed by atoms with E-state index < -0.39 is 0 Å². The first-order valence-electron chi connectivity index (χ1n) is 7.66. The van der Waals surface area contributed by atoms with E-state index in [-0.39, 0.29) is 5.56 Å². The van der Waals surface area contributed by atoms with Gasteiger partial charge >= 0.3 is 0 Å². The highest BCUT2D eigenvalue weighted by Crippen LogP contribution is 2.55. The van der Waals surface area contributed by atoms with Crippen LogP contribution in [0.2, 0.25) is 0 Å². The Kier molecular flexibility index (Phi) is 2.44. The number of pyridine rings is 1. The second-order valence-corrected chi connectivity index (χ2v) is 6.84. The Morgan fingerprint density at radius 2 is 2.21 bits per heavy atom. The van der Waals surface area contributed by atoms with Gasteiger partial charge in [0.1, 0.15) is 0 Å². The Bertz CT molecular complexity index is 564. The molecule has 1 saturated carbocycles. The fraction of sp³-hybridized carbons (Fsp3) is 0.688. The Morgan fingerprint density at radius 1 is 1.32 bits per heavy atom. The van der Waals surface area contributed by atoms with Crippen LogP contribution < -0.4 is 10.9 Å². The first-order valence-corrected chi connectivity index (χ1v) is 7.66. The number of fused-ring (bicyclic) bond motifs is 1. The molecule has 1 saturated heterocycles. The lowest BCUT2D eigenvalue weighted by Gasteiger charge is -2.52. The highest BCUT2D eigenvalue weighted by molar-refractivity contribution is 5.40. The van der Waals surface area contributed by atoms with Crippen molar-refractivity contribution in [2.45, 2.75) is 50.5 Å². The first kappa shape index (κ1) is 11.7. The van der Waals surface area contributed by atoms with Gasteiger partial charge in [-0.25, -0.2) is 0 Å². The average molecular weight is 258 g/mol. The summed E-state index contributed by atoms with van der Waals surface area (Å²) in [6.45, 7) is 3.54. The molecular formula is C16H22N2O. The second kappa shape index (κ2) is 3.95. The molecule has 1 spiro atoms. The predicted octanol–water partition coefficient (Wildman–Crippen LogP) is 1.97. The van der Waals surface area contributed by atoms with E-state index in [1.165, 1.54) is 36.9 Å². The zero-order chi connectivity index (χ0) is 13.0. The lowest BCUT2D eigenvalue weighted by molar-refractivity contribution is 0.0797. The smallest absolute Gasteiger partial charge is 0.248 e. The molecule has 4 atom stereocenters. The maximum Gasteiger partial charge on any atom is 0.248 e. The van der Waals surface area contributed by atoms with E-state index in [1.54, 1.807) is 6.07 Å². The number of hydrogen-bond donors (Lipinski definition) is 2. The summed E-state index contributed by atoms with van der Waals surface area (Å²) in [5.74, 6) is 1.52. The molecule has 0 aromatic carbocycles. The molecule has 2 N–H and O–H groups in total. The van der Waals surface area contributed by atoms with Crippen molar-refractivity contribution in [3.63, 3.8) is 0 Å². The minimum Gasteiger partial charge on any atom is -0.326 e. The van der Waals surface area contributed by atoms with Crippen molar-refractivity contribution in [3.05, 3.63) is 33.7 Å². The number of aromatic nitrogens is 1. The van der Waals surface area contributed by atoms with Gasteiger partial charge in [-0.15, -0.1) is 0 Å². The van der Waals surface area contributed by atoms with Crippen molar-refractivity contribution in [3.8, 4) is 0 Å². The number of H-pyrrole nitrogens is 1. The molecule has 4 rings (SSSR count). The summed E-state index contributed by atoms with van der Waals surface area (Å²) >= 11 is 0. The minimum atomic E-state index is 0.0576. The van der Waals surface area contributed by atoms with Crippen molar-refractivity contribution in [1.82, 2.24) is 10.3 Å². The number of piperidine rings is 1. The van der Waals surface area contributed by atoms with Crippen LogP contribution in [0.1, 0.15) is 43.9 Å². The Labute approximate surface area is 113 Å². The summed E-state index contributed by atoms with van der Waals surface area (Å²) in [7, 11) is 0. The van der Waals surface area contributed by atoms with Gasteiger partial charge in [0.05, 0.1) is 0 Å². The molecule has 0 bridgehead atoms. The van der Waals surface area contributed by atoms with Gasteiger partial charge in [0.2, 0.25) is 5.56 Å². The molecule has 1 aromatic heterocycles. The highest BCUT2D eigenvalue weighted by Gasteiger charge is 2.55. The van der Waals surface area contributed by atoms with Gasteiger partial charge < -0.3 is 10.3 Å². The number of hydrogen-bond acceptors (Lipinski definition) is 2. The van der Waals surface area contributed by atoms with Crippen LogP contribution in [0.4, 0.5) is 0 Å². The monoisotopic (exact) mass is 258 g/mol. The lowest BCUT2D eigenvalue weighted by atomic mass is 9.57. The van der Waals surface area contributed by atoms with Crippen molar-refractivity contribution >= 4 is 0 Å². The van der Waals surface area contributed by atoms with E-state index in [1.807, 2.05) is 0 Å². The predicted molar refractivity (Wildman–Crippen MR) is 75.4 cm³/mol. The molecule has 3 nitrogen and oxygen atoms in total. The third kappa shape index (κ3) is 1.51. The van der Waals surface area contributed by atoms with Gasteiger partial charge in [0, 0.05) is 23.2 Å². The van der Waals surface area contributed by atoms with Crippen molar-refractivity contribution in [2.75, 3.05) is 6.54 Å². The fourth-order valence-electron chi connectivity index (χ4n) is 5.16. The van der Waals surface area contributed by atoms with E-state index in [9.17, 15) is 4.79 Å². The zero-order valence-electron chi connectivity index (χ0n) is 11.5. The van der Waals surface area contributed by atoms with Gasteiger partial charge in [-0.3, -0.25) is 4.79 Å².